The van der Waals surface area contributed by atoms with E-state index in [2.05, 4.69) is 15.6 Å². The van der Waals surface area contributed by atoms with Crippen LogP contribution in [0, 0.1) is 19.7 Å². The van der Waals surface area contributed by atoms with Crippen LogP contribution in [0.4, 0.5) is 19.4 Å². The highest BCUT2D eigenvalue weighted by atomic mass is 19.1. The van der Waals surface area contributed by atoms with Gasteiger partial charge in [0, 0.05) is 43.9 Å². The molecule has 0 bridgehead atoms. The van der Waals surface area contributed by atoms with E-state index < -0.39 is 12.7 Å². The van der Waals surface area contributed by atoms with Crippen LogP contribution in [0.1, 0.15) is 29.0 Å². The number of pyridine rings is 1. The van der Waals surface area contributed by atoms with Crippen molar-refractivity contribution < 1.29 is 18.3 Å². The molecule has 1 saturated heterocycles. The predicted octanol–water partition coefficient (Wildman–Crippen LogP) is 3.80. The van der Waals surface area contributed by atoms with E-state index in [1.165, 1.54) is 13.2 Å². The van der Waals surface area contributed by atoms with Gasteiger partial charge in [0.2, 0.25) is 0 Å². The molecule has 2 aromatic rings. The highest BCUT2D eigenvalue weighted by Crippen LogP contribution is 2.34. The summed E-state index contributed by atoms with van der Waals surface area (Å²) in [6.45, 7) is 4.65. The molecule has 1 aromatic heterocycles. The van der Waals surface area contributed by atoms with E-state index >= 15 is 0 Å². The van der Waals surface area contributed by atoms with Crippen LogP contribution in [0.5, 0.6) is 5.75 Å². The Hall–Kier alpha value is -2.74. The third-order valence-electron chi connectivity index (χ3n) is 5.48. The number of amides is 2. The highest BCUT2D eigenvalue weighted by molar-refractivity contribution is 5.88. The lowest BCUT2D eigenvalue weighted by molar-refractivity contribution is 0.163. The van der Waals surface area contributed by atoms with Crippen LogP contribution in [0.3, 0.4) is 0 Å². The number of aromatic nitrogens is 1. The first-order valence-electron chi connectivity index (χ1n) is 10.0. The topological polar surface area (TPSA) is 66.5 Å². The number of halogens is 2. The van der Waals surface area contributed by atoms with Crippen LogP contribution in [-0.4, -0.2) is 55.4 Å². The van der Waals surface area contributed by atoms with Crippen molar-refractivity contribution in [3.8, 4) is 5.75 Å². The second-order valence-corrected chi connectivity index (χ2v) is 7.65. The van der Waals surface area contributed by atoms with Gasteiger partial charge in [0.25, 0.3) is 0 Å². The first-order valence-corrected chi connectivity index (χ1v) is 10.0. The van der Waals surface area contributed by atoms with Gasteiger partial charge in [-0.1, -0.05) is 6.07 Å². The smallest absolute Gasteiger partial charge is 0.320 e. The van der Waals surface area contributed by atoms with Gasteiger partial charge >= 0.3 is 6.03 Å². The third-order valence-corrected chi connectivity index (χ3v) is 5.48. The molecule has 1 unspecified atom stereocenters. The van der Waals surface area contributed by atoms with Crippen LogP contribution in [0.2, 0.25) is 0 Å². The summed E-state index contributed by atoms with van der Waals surface area (Å²) in [5.41, 5.74) is 2.26. The molecule has 30 heavy (non-hydrogen) atoms. The average molecular weight is 418 g/mol. The fourth-order valence-electron chi connectivity index (χ4n) is 3.98. The number of hydrogen-bond acceptors (Lipinski definition) is 4. The van der Waals surface area contributed by atoms with Crippen molar-refractivity contribution in [2.75, 3.05) is 38.7 Å². The van der Waals surface area contributed by atoms with Crippen LogP contribution < -0.4 is 15.4 Å². The second-order valence-electron chi connectivity index (χ2n) is 7.65. The molecule has 0 radical (unpaired) electrons. The molecule has 162 valence electrons. The molecule has 1 fully saturated rings. The number of urea groups is 1. The monoisotopic (exact) mass is 418 g/mol. The maximum atomic E-state index is 15.0. The minimum Gasteiger partial charge on any atom is -0.497 e. The fourth-order valence-corrected chi connectivity index (χ4v) is 3.98. The average Bonchev–Trinajstić information content (AvgIpc) is 2.71. The second kappa shape index (κ2) is 9.84. The Morgan fingerprint density at radius 3 is 2.77 bits per heavy atom. The summed E-state index contributed by atoms with van der Waals surface area (Å²) in [6.07, 6.45) is 2.26. The Morgan fingerprint density at radius 1 is 1.33 bits per heavy atom. The molecule has 1 aliphatic heterocycles. The zero-order valence-electron chi connectivity index (χ0n) is 17.5. The zero-order chi connectivity index (χ0) is 21.7. The molecule has 2 amide bonds. The maximum absolute atomic E-state index is 15.0. The Kier molecular flexibility index (Phi) is 7.20. The molecule has 6 nitrogen and oxygen atoms in total. The van der Waals surface area contributed by atoms with E-state index in [1.807, 2.05) is 24.8 Å². The van der Waals surface area contributed by atoms with Gasteiger partial charge in [0.1, 0.15) is 24.1 Å². The molecule has 8 heteroatoms. The van der Waals surface area contributed by atoms with E-state index in [9.17, 15) is 13.6 Å². The van der Waals surface area contributed by atoms with E-state index in [1.54, 1.807) is 18.3 Å². The Morgan fingerprint density at radius 2 is 2.13 bits per heavy atom. The standard InChI is InChI=1S/C22H28F2N4O2/c1-14-4-5-20(25-12-14)27-22(29)26-19-6-8-28(9-7-23)13-17(19)21-15(2)10-16(30-3)11-18(21)24/h4-5,10-12,17,19H,6-9,13H2,1-3H3,(H2,25,26,27,29)/t17?,19-/m1/s1. The first-order chi connectivity index (χ1) is 14.4. The van der Waals surface area contributed by atoms with Crippen LogP contribution >= 0.6 is 0 Å². The number of rotatable bonds is 6. The molecule has 0 spiro atoms. The summed E-state index contributed by atoms with van der Waals surface area (Å²) < 4.78 is 33.1. The van der Waals surface area contributed by atoms with Gasteiger partial charge in [-0.3, -0.25) is 10.2 Å². The normalized spacial score (nSPS) is 19.4. The van der Waals surface area contributed by atoms with Crippen molar-refractivity contribution in [2.45, 2.75) is 32.2 Å². The van der Waals surface area contributed by atoms with Gasteiger partial charge in [0.15, 0.2) is 0 Å². The Labute approximate surface area is 175 Å². The number of aryl methyl sites for hydroxylation is 2. The molecule has 3 rings (SSSR count). The predicted molar refractivity (Wildman–Crippen MR) is 112 cm³/mol. The third kappa shape index (κ3) is 5.24. The summed E-state index contributed by atoms with van der Waals surface area (Å²) >= 11 is 0. The number of methoxy groups -OCH3 is 1. The molecule has 0 aliphatic carbocycles. The number of nitrogens with zero attached hydrogens (tertiary/aromatic N) is 2. The number of benzene rings is 1. The van der Waals surface area contributed by atoms with Crippen molar-refractivity contribution in [2.24, 2.45) is 0 Å². The van der Waals surface area contributed by atoms with Gasteiger partial charge < -0.3 is 10.1 Å². The number of anilines is 1. The van der Waals surface area contributed by atoms with Crippen molar-refractivity contribution in [3.63, 3.8) is 0 Å². The van der Waals surface area contributed by atoms with E-state index in [0.717, 1.165) is 11.1 Å². The number of piperidine rings is 1. The number of ether oxygens (including phenoxy) is 1. The van der Waals surface area contributed by atoms with Gasteiger partial charge in [-0.15, -0.1) is 0 Å². The number of carbonyl (C=O) groups excluding carboxylic acids is 1. The number of likely N-dealkylation sites (tertiary alicyclic amines) is 1. The summed E-state index contributed by atoms with van der Waals surface area (Å²) in [6, 6.07) is 6.02. The minimum absolute atomic E-state index is 0.291. The SMILES string of the molecule is COc1cc(C)c(C2CN(CCF)CC[C@H]2NC(=O)Nc2ccc(C)cn2)c(F)c1. The largest absolute Gasteiger partial charge is 0.497 e. The van der Waals surface area contributed by atoms with E-state index in [-0.39, 0.29) is 17.8 Å². The fraction of sp³-hybridized carbons (Fsp3) is 0.455. The number of nitrogens with one attached hydrogen (secondary N) is 2. The summed E-state index contributed by atoms with van der Waals surface area (Å²) in [4.78, 5) is 18.7. The minimum atomic E-state index is -0.464. The molecular formula is C22H28F2N4O2. The van der Waals surface area contributed by atoms with Crippen LogP contribution in [-0.2, 0) is 0 Å². The molecule has 1 aromatic carbocycles. The van der Waals surface area contributed by atoms with Crippen molar-refractivity contribution in [3.05, 3.63) is 53.0 Å². The van der Waals surface area contributed by atoms with Crippen LogP contribution in [0.25, 0.3) is 0 Å². The summed E-state index contributed by atoms with van der Waals surface area (Å²) in [5.74, 6) is 0.188. The first kappa shape index (κ1) is 22.0. The van der Waals surface area contributed by atoms with Crippen molar-refractivity contribution in [1.82, 2.24) is 15.2 Å². The Bertz CT molecular complexity index is 853. The summed E-state index contributed by atoms with van der Waals surface area (Å²) in [5, 5.41) is 5.69. The lowest BCUT2D eigenvalue weighted by atomic mass is 9.83. The van der Waals surface area contributed by atoms with E-state index in [4.69, 9.17) is 4.74 Å². The number of alkyl halides is 1. The van der Waals surface area contributed by atoms with Crippen molar-refractivity contribution >= 4 is 11.8 Å². The molecule has 2 heterocycles. The van der Waals surface area contributed by atoms with Gasteiger partial charge in [-0.2, -0.15) is 0 Å². The van der Waals surface area contributed by atoms with Gasteiger partial charge in [-0.05, 0) is 49.1 Å². The highest BCUT2D eigenvalue weighted by Gasteiger charge is 2.34. The zero-order valence-corrected chi connectivity index (χ0v) is 17.5. The van der Waals surface area contributed by atoms with Gasteiger partial charge in [-0.25, -0.2) is 18.6 Å². The molecule has 1 aliphatic rings. The molecule has 2 N–H and O–H groups in total. The molecular weight excluding hydrogens is 390 g/mol. The molecule has 0 saturated carbocycles. The van der Waals surface area contributed by atoms with E-state index in [0.29, 0.717) is 43.2 Å². The lowest BCUT2D eigenvalue weighted by Crippen LogP contribution is -2.51. The van der Waals surface area contributed by atoms with Crippen molar-refractivity contribution in [1.29, 1.82) is 0 Å². The summed E-state index contributed by atoms with van der Waals surface area (Å²) in [7, 11) is 1.49. The van der Waals surface area contributed by atoms with Crippen LogP contribution in [0.15, 0.2) is 30.5 Å². The Balaban J connectivity index is 1.81. The molecule has 2 atom stereocenters. The quantitative estimate of drug-likeness (QED) is 0.749. The maximum Gasteiger partial charge on any atom is 0.320 e. The van der Waals surface area contributed by atoms with Gasteiger partial charge in [0.05, 0.1) is 7.11 Å². The number of hydrogen-bond donors (Lipinski definition) is 2. The number of carbonyl (C=O) groups is 1. The lowest BCUT2D eigenvalue weighted by Gasteiger charge is -2.39.